The van der Waals surface area contributed by atoms with Crippen molar-refractivity contribution in [1.29, 1.82) is 0 Å². The van der Waals surface area contributed by atoms with Crippen LogP contribution in [-0.4, -0.2) is 99.7 Å². The summed E-state index contributed by atoms with van der Waals surface area (Å²) in [6, 6.07) is 0. The molecule has 11 heteroatoms. The van der Waals surface area contributed by atoms with E-state index in [1.807, 2.05) is 6.92 Å². The van der Waals surface area contributed by atoms with Crippen molar-refractivity contribution < 1.29 is 53.6 Å². The maximum Gasteiger partial charge on any atom is 0.302 e. The quantitative estimate of drug-likeness (QED) is 0.200. The van der Waals surface area contributed by atoms with E-state index in [2.05, 4.69) is 27.7 Å². The Morgan fingerprint density at radius 3 is 2.28 bits per heavy atom. The summed E-state index contributed by atoms with van der Waals surface area (Å²) >= 11 is 0. The first-order valence-corrected chi connectivity index (χ1v) is 18.3. The van der Waals surface area contributed by atoms with Crippen molar-refractivity contribution in [3.8, 4) is 0 Å². The molecule has 0 radical (unpaired) electrons. The molecule has 9 fully saturated rings. The molecule has 0 aromatic carbocycles. The SMILES string of the molecule is CC(=O)O[C@@H]1C[C@@]23[C@H](C)C24CC[C@H](OC2OCC(O)C(O)C2O)C(C)(C)C4CC[C@H]3C2CC3OC4(CCC3[C@]21C)OC(O)C1(C)OC41. The van der Waals surface area contributed by atoms with Crippen molar-refractivity contribution in [3.63, 3.8) is 0 Å². The summed E-state index contributed by atoms with van der Waals surface area (Å²) < 4.78 is 37.6. The van der Waals surface area contributed by atoms with Crippen molar-refractivity contribution >= 4 is 5.97 Å². The first-order valence-electron chi connectivity index (χ1n) is 18.3. The minimum absolute atomic E-state index is 0.0486. The molecule has 4 heterocycles. The summed E-state index contributed by atoms with van der Waals surface area (Å²) in [6.45, 7) is 12.8. The summed E-state index contributed by atoms with van der Waals surface area (Å²) in [5.41, 5.74) is -0.992. The third-order valence-corrected chi connectivity index (χ3v) is 16.4. The summed E-state index contributed by atoms with van der Waals surface area (Å²) in [4.78, 5) is 12.8. The van der Waals surface area contributed by atoms with Crippen LogP contribution in [0.4, 0.5) is 0 Å². The van der Waals surface area contributed by atoms with Gasteiger partial charge in [0.05, 0.1) is 18.8 Å². The van der Waals surface area contributed by atoms with Gasteiger partial charge in [-0.15, -0.1) is 0 Å². The van der Waals surface area contributed by atoms with Gasteiger partial charge in [0.25, 0.3) is 0 Å². The number of aliphatic hydroxyl groups excluding tert-OH is 4. The minimum atomic E-state index is -1.31. The number of fused-ring (bicyclic) bond motifs is 6. The highest BCUT2D eigenvalue weighted by Gasteiger charge is 2.87. The zero-order valence-electron chi connectivity index (χ0n) is 28.6. The standard InChI is InChI=1S/C36H54O11/c1-16-34-11-10-24(44-28-27(40)26(39)21(38)15-42-28)31(3,4)23(34)8-7-18-20-13-22-19(32(20,5)25(43-17(2)37)14-35(16,18)34)9-12-36(45-22)29-33(6,46-29)30(41)47-36/h16,18-30,38-41H,7-15H2,1-6H3/t16-,18+,19?,20?,21?,22?,23?,24+,25-,26?,27?,28?,29?,30?,32-,33?,34?,35+,36?/m1/s1. The molecule has 9 aliphatic rings. The molecule has 5 saturated carbocycles. The van der Waals surface area contributed by atoms with E-state index in [4.69, 9.17) is 28.4 Å². The Labute approximate surface area is 276 Å². The lowest BCUT2D eigenvalue weighted by Gasteiger charge is -2.61. The molecule has 19 atom stereocenters. The number of aliphatic hydroxyl groups is 4. The van der Waals surface area contributed by atoms with Gasteiger partial charge >= 0.3 is 5.97 Å². The van der Waals surface area contributed by atoms with Crippen LogP contribution >= 0.6 is 0 Å². The largest absolute Gasteiger partial charge is 0.462 e. The molecule has 47 heavy (non-hydrogen) atoms. The lowest BCUT2D eigenvalue weighted by atomic mass is 9.45. The van der Waals surface area contributed by atoms with Gasteiger partial charge in [0.1, 0.15) is 36.1 Å². The van der Waals surface area contributed by atoms with E-state index in [9.17, 15) is 25.2 Å². The van der Waals surface area contributed by atoms with Gasteiger partial charge in [-0.25, -0.2) is 0 Å². The number of hydrogen-bond acceptors (Lipinski definition) is 11. The Morgan fingerprint density at radius 1 is 0.830 bits per heavy atom. The Bertz CT molecular complexity index is 1340. The Kier molecular flexibility index (Phi) is 6.62. The van der Waals surface area contributed by atoms with Gasteiger partial charge in [0, 0.05) is 18.8 Å². The van der Waals surface area contributed by atoms with Crippen LogP contribution < -0.4 is 0 Å². The second-order valence-electron chi connectivity index (χ2n) is 18.0. The van der Waals surface area contributed by atoms with Crippen LogP contribution in [0.2, 0.25) is 0 Å². The fourth-order valence-electron chi connectivity index (χ4n) is 14.2. The molecule has 4 aliphatic heterocycles. The van der Waals surface area contributed by atoms with Crippen LogP contribution in [0.3, 0.4) is 0 Å². The van der Waals surface area contributed by atoms with Crippen LogP contribution in [0, 0.1) is 51.2 Å². The van der Waals surface area contributed by atoms with E-state index in [1.165, 1.54) is 0 Å². The van der Waals surface area contributed by atoms with Crippen LogP contribution in [-0.2, 0) is 33.2 Å². The predicted molar refractivity (Wildman–Crippen MR) is 163 cm³/mol. The molecule has 3 spiro atoms. The molecule has 9 rings (SSSR count). The molecule has 264 valence electrons. The summed E-state index contributed by atoms with van der Waals surface area (Å²) in [5.74, 6) is 0.754. The van der Waals surface area contributed by atoms with Gasteiger partial charge < -0.3 is 48.8 Å². The molecule has 4 saturated heterocycles. The van der Waals surface area contributed by atoms with Gasteiger partial charge in [-0.1, -0.05) is 27.7 Å². The average molecular weight is 663 g/mol. The molecule has 11 nitrogen and oxygen atoms in total. The number of carbonyl (C=O) groups is 1. The Hall–Kier alpha value is -0.890. The zero-order chi connectivity index (χ0) is 33.3. The second kappa shape index (κ2) is 9.70. The molecule has 0 bridgehead atoms. The van der Waals surface area contributed by atoms with Crippen molar-refractivity contribution in [1.82, 2.24) is 0 Å². The molecule has 0 aromatic heterocycles. The number of rotatable bonds is 3. The number of esters is 1. The van der Waals surface area contributed by atoms with Crippen LogP contribution in [0.1, 0.15) is 92.9 Å². The van der Waals surface area contributed by atoms with Crippen LogP contribution in [0.5, 0.6) is 0 Å². The first-order chi connectivity index (χ1) is 22.1. The smallest absolute Gasteiger partial charge is 0.302 e. The third kappa shape index (κ3) is 3.72. The van der Waals surface area contributed by atoms with E-state index in [0.29, 0.717) is 30.1 Å². The molecule has 4 N–H and O–H groups in total. The molecule has 5 aliphatic carbocycles. The highest BCUT2D eigenvalue weighted by molar-refractivity contribution is 5.66. The highest BCUT2D eigenvalue weighted by Crippen LogP contribution is 2.90. The van der Waals surface area contributed by atoms with Crippen LogP contribution in [0.25, 0.3) is 0 Å². The predicted octanol–water partition coefficient (Wildman–Crippen LogP) is 2.64. The topological polar surface area (TPSA) is 157 Å². The summed E-state index contributed by atoms with van der Waals surface area (Å²) in [7, 11) is 0. The number of hydrogen-bond donors (Lipinski definition) is 4. The average Bonchev–Trinajstić information content (AvgIpc) is 3.78. The van der Waals surface area contributed by atoms with Crippen molar-refractivity contribution in [2.75, 3.05) is 6.61 Å². The van der Waals surface area contributed by atoms with Crippen molar-refractivity contribution in [2.45, 2.75) is 160 Å². The molecule has 13 unspecified atom stereocenters. The van der Waals surface area contributed by atoms with E-state index in [-0.39, 0.29) is 64.6 Å². The van der Waals surface area contributed by atoms with E-state index in [1.54, 1.807) is 6.92 Å². The maximum absolute atomic E-state index is 12.8. The third-order valence-electron chi connectivity index (χ3n) is 16.4. The molecule has 0 aromatic rings. The molecule has 0 amide bonds. The minimum Gasteiger partial charge on any atom is -0.462 e. The monoisotopic (exact) mass is 662 g/mol. The van der Waals surface area contributed by atoms with E-state index in [0.717, 1.165) is 44.9 Å². The van der Waals surface area contributed by atoms with Gasteiger partial charge in [0.2, 0.25) is 5.79 Å². The number of carbonyl (C=O) groups excluding carboxylic acids is 1. The number of ether oxygens (including phenoxy) is 6. The highest BCUT2D eigenvalue weighted by atomic mass is 16.8. The van der Waals surface area contributed by atoms with Crippen molar-refractivity contribution in [3.05, 3.63) is 0 Å². The second-order valence-corrected chi connectivity index (χ2v) is 18.0. The van der Waals surface area contributed by atoms with Crippen LogP contribution in [0.15, 0.2) is 0 Å². The normalized spacial score (nSPS) is 62.8. The summed E-state index contributed by atoms with van der Waals surface area (Å²) in [6.07, 6.45) is 0.872. The lowest BCUT2D eigenvalue weighted by molar-refractivity contribution is -0.337. The van der Waals surface area contributed by atoms with Gasteiger partial charge in [-0.05, 0) is 97.7 Å². The van der Waals surface area contributed by atoms with Gasteiger partial charge in [-0.2, -0.15) is 0 Å². The maximum atomic E-state index is 12.8. The number of epoxide rings is 1. The summed E-state index contributed by atoms with van der Waals surface area (Å²) in [5, 5.41) is 41.6. The van der Waals surface area contributed by atoms with Gasteiger partial charge in [-0.3, -0.25) is 4.79 Å². The first kappa shape index (κ1) is 32.0. The fraction of sp³-hybridized carbons (Fsp3) is 0.972. The van der Waals surface area contributed by atoms with Gasteiger partial charge in [0.15, 0.2) is 12.6 Å². The zero-order valence-corrected chi connectivity index (χ0v) is 28.6. The fourth-order valence-corrected chi connectivity index (χ4v) is 14.2. The van der Waals surface area contributed by atoms with E-state index >= 15 is 0 Å². The van der Waals surface area contributed by atoms with E-state index < -0.39 is 42.3 Å². The lowest BCUT2D eigenvalue weighted by Crippen LogP contribution is -2.60. The Balaban J connectivity index is 1.01. The Morgan fingerprint density at radius 2 is 1.60 bits per heavy atom. The molecular weight excluding hydrogens is 608 g/mol. The molecular formula is C36H54O11. The van der Waals surface area contributed by atoms with Crippen molar-refractivity contribution in [2.24, 2.45) is 51.2 Å².